The van der Waals surface area contributed by atoms with E-state index in [-0.39, 0.29) is 21.9 Å². The van der Waals surface area contributed by atoms with Gasteiger partial charge in [0.05, 0.1) is 0 Å². The summed E-state index contributed by atoms with van der Waals surface area (Å²) in [7, 11) is 0. The predicted molar refractivity (Wildman–Crippen MR) is 65.1 cm³/mol. The van der Waals surface area contributed by atoms with E-state index < -0.39 is 0 Å². The molecule has 0 saturated carbocycles. The Kier molecular flexibility index (Phi) is 5.55. The van der Waals surface area contributed by atoms with Gasteiger partial charge in [0.1, 0.15) is 5.75 Å². The van der Waals surface area contributed by atoms with Crippen LogP contribution in [0.5, 0.6) is 5.75 Å². The SMILES string of the molecule is CC(C)C(c1ccc(O)cc1)C(C)(C)C.[Ni]. The summed E-state index contributed by atoms with van der Waals surface area (Å²) in [5.74, 6) is 1.47. The summed E-state index contributed by atoms with van der Waals surface area (Å²) in [5.41, 5.74) is 1.57. The van der Waals surface area contributed by atoms with Crippen LogP contribution in [0.2, 0.25) is 0 Å². The van der Waals surface area contributed by atoms with E-state index in [1.54, 1.807) is 12.1 Å². The minimum Gasteiger partial charge on any atom is -0.508 e. The van der Waals surface area contributed by atoms with Gasteiger partial charge in [0, 0.05) is 16.5 Å². The molecule has 0 amide bonds. The molecular weight excluding hydrogens is 243 g/mol. The molecule has 1 atom stereocenters. The Balaban J connectivity index is 0.00000225. The van der Waals surface area contributed by atoms with Crippen LogP contribution in [-0.4, -0.2) is 5.11 Å². The molecule has 94 valence electrons. The van der Waals surface area contributed by atoms with Crippen molar-refractivity contribution >= 4 is 0 Å². The van der Waals surface area contributed by atoms with E-state index in [1.807, 2.05) is 12.1 Å². The van der Waals surface area contributed by atoms with Gasteiger partial charge < -0.3 is 5.11 Å². The molecule has 16 heavy (non-hydrogen) atoms. The van der Waals surface area contributed by atoms with Crippen LogP contribution in [0.1, 0.15) is 46.1 Å². The van der Waals surface area contributed by atoms with Crippen molar-refractivity contribution in [2.45, 2.75) is 40.5 Å². The average molecular weight is 265 g/mol. The van der Waals surface area contributed by atoms with E-state index in [9.17, 15) is 5.11 Å². The summed E-state index contributed by atoms with van der Waals surface area (Å²) in [6, 6.07) is 7.61. The fourth-order valence-corrected chi connectivity index (χ4v) is 2.57. The first-order valence-electron chi connectivity index (χ1n) is 5.61. The quantitative estimate of drug-likeness (QED) is 0.795. The molecule has 0 bridgehead atoms. The zero-order chi connectivity index (χ0) is 11.6. The molecule has 1 aromatic carbocycles. The topological polar surface area (TPSA) is 20.2 Å². The second-order valence-electron chi connectivity index (χ2n) is 5.68. The van der Waals surface area contributed by atoms with E-state index in [2.05, 4.69) is 34.6 Å². The van der Waals surface area contributed by atoms with Crippen molar-refractivity contribution in [3.63, 3.8) is 0 Å². The van der Waals surface area contributed by atoms with Gasteiger partial charge in [0.15, 0.2) is 0 Å². The number of hydrogen-bond donors (Lipinski definition) is 1. The first-order valence-corrected chi connectivity index (χ1v) is 5.61. The monoisotopic (exact) mass is 264 g/mol. The van der Waals surface area contributed by atoms with Crippen molar-refractivity contribution in [2.24, 2.45) is 11.3 Å². The van der Waals surface area contributed by atoms with E-state index in [1.165, 1.54) is 5.56 Å². The molecule has 0 aliphatic rings. The molecule has 0 saturated heterocycles. The number of phenolic OH excluding ortho intramolecular Hbond substituents is 1. The molecule has 0 radical (unpaired) electrons. The van der Waals surface area contributed by atoms with E-state index in [0.717, 1.165) is 0 Å². The Labute approximate surface area is 109 Å². The van der Waals surface area contributed by atoms with Crippen LogP contribution in [0.25, 0.3) is 0 Å². The van der Waals surface area contributed by atoms with Gasteiger partial charge in [0.25, 0.3) is 0 Å². The van der Waals surface area contributed by atoms with Crippen molar-refractivity contribution in [1.29, 1.82) is 0 Å². The fraction of sp³-hybridized carbons (Fsp3) is 0.571. The van der Waals surface area contributed by atoms with Crippen molar-refractivity contribution < 1.29 is 21.6 Å². The number of hydrogen-bond acceptors (Lipinski definition) is 1. The summed E-state index contributed by atoms with van der Waals surface area (Å²) < 4.78 is 0. The van der Waals surface area contributed by atoms with Gasteiger partial charge in [-0.25, -0.2) is 0 Å². The molecule has 0 heterocycles. The smallest absolute Gasteiger partial charge is 0.115 e. The molecule has 1 N–H and O–H groups in total. The normalized spacial score (nSPS) is 13.4. The third-order valence-electron chi connectivity index (χ3n) is 2.85. The van der Waals surface area contributed by atoms with Gasteiger partial charge in [-0.15, -0.1) is 0 Å². The first kappa shape index (κ1) is 15.5. The minimum atomic E-state index is 0. The molecule has 2 heteroatoms. The Hall–Kier alpha value is -0.486. The van der Waals surface area contributed by atoms with Gasteiger partial charge in [-0.05, 0) is 34.9 Å². The second kappa shape index (κ2) is 5.73. The average Bonchev–Trinajstić information content (AvgIpc) is 2.05. The number of phenols is 1. The maximum Gasteiger partial charge on any atom is 0.115 e. The van der Waals surface area contributed by atoms with Gasteiger partial charge in [-0.1, -0.05) is 46.8 Å². The fourth-order valence-electron chi connectivity index (χ4n) is 2.57. The standard InChI is InChI=1S/C14H22O.Ni/c1-10(2)13(14(3,4)5)11-6-8-12(15)9-7-11;/h6-10,13,15H,1-5H3;. The van der Waals surface area contributed by atoms with Gasteiger partial charge in [-0.3, -0.25) is 0 Å². The maximum absolute atomic E-state index is 9.28. The molecule has 0 spiro atoms. The molecular formula is C14H22NiO. The predicted octanol–water partition coefficient (Wildman–Crippen LogP) is 4.18. The van der Waals surface area contributed by atoms with Crippen molar-refractivity contribution in [3.8, 4) is 5.75 Å². The molecule has 1 unspecified atom stereocenters. The van der Waals surface area contributed by atoms with Crippen molar-refractivity contribution in [3.05, 3.63) is 29.8 Å². The van der Waals surface area contributed by atoms with Crippen LogP contribution in [0.4, 0.5) is 0 Å². The van der Waals surface area contributed by atoms with Gasteiger partial charge >= 0.3 is 0 Å². The van der Waals surface area contributed by atoms with E-state index >= 15 is 0 Å². The van der Waals surface area contributed by atoms with Crippen LogP contribution in [0.15, 0.2) is 24.3 Å². The van der Waals surface area contributed by atoms with E-state index in [0.29, 0.717) is 17.6 Å². The Morgan fingerprint density at radius 2 is 1.44 bits per heavy atom. The molecule has 1 aromatic rings. The maximum atomic E-state index is 9.28. The number of rotatable bonds is 2. The van der Waals surface area contributed by atoms with Crippen LogP contribution < -0.4 is 0 Å². The molecule has 1 rings (SSSR count). The van der Waals surface area contributed by atoms with Gasteiger partial charge in [-0.2, -0.15) is 0 Å². The summed E-state index contributed by atoms with van der Waals surface area (Å²) in [4.78, 5) is 0. The van der Waals surface area contributed by atoms with Crippen LogP contribution >= 0.6 is 0 Å². The zero-order valence-corrected chi connectivity index (χ0v) is 11.7. The van der Waals surface area contributed by atoms with Crippen molar-refractivity contribution in [1.82, 2.24) is 0 Å². The van der Waals surface area contributed by atoms with E-state index in [4.69, 9.17) is 0 Å². The minimum absolute atomic E-state index is 0. The summed E-state index contributed by atoms with van der Waals surface area (Å²) >= 11 is 0. The Morgan fingerprint density at radius 1 is 1.00 bits per heavy atom. The molecule has 1 nitrogen and oxygen atoms in total. The number of aromatic hydroxyl groups is 1. The Bertz CT molecular complexity index is 309. The summed E-state index contributed by atoms with van der Waals surface area (Å²) in [5, 5.41) is 9.28. The first-order chi connectivity index (χ1) is 6.82. The third kappa shape index (κ3) is 3.83. The Morgan fingerprint density at radius 3 is 1.75 bits per heavy atom. The molecule has 0 aromatic heterocycles. The van der Waals surface area contributed by atoms with Gasteiger partial charge in [0.2, 0.25) is 0 Å². The molecule has 0 fully saturated rings. The molecule has 0 aliphatic carbocycles. The second-order valence-corrected chi connectivity index (χ2v) is 5.68. The summed E-state index contributed by atoms with van der Waals surface area (Å²) in [6.45, 7) is 11.3. The third-order valence-corrected chi connectivity index (χ3v) is 2.85. The molecule has 0 aliphatic heterocycles. The van der Waals surface area contributed by atoms with Crippen LogP contribution in [-0.2, 0) is 16.5 Å². The van der Waals surface area contributed by atoms with Crippen LogP contribution in [0.3, 0.4) is 0 Å². The van der Waals surface area contributed by atoms with Crippen molar-refractivity contribution in [2.75, 3.05) is 0 Å². The zero-order valence-electron chi connectivity index (χ0n) is 10.7. The summed E-state index contributed by atoms with van der Waals surface area (Å²) in [6.07, 6.45) is 0. The largest absolute Gasteiger partial charge is 0.508 e. The van der Waals surface area contributed by atoms with Crippen LogP contribution in [0, 0.1) is 11.3 Å². The number of benzene rings is 1.